The molecule has 0 spiro atoms. The summed E-state index contributed by atoms with van der Waals surface area (Å²) in [6.45, 7) is 0. The van der Waals surface area contributed by atoms with Gasteiger partial charge in [-0.25, -0.2) is 9.00 Å². The molecule has 0 aromatic heterocycles. The van der Waals surface area contributed by atoms with Gasteiger partial charge in [0.05, 0.1) is 0 Å². The van der Waals surface area contributed by atoms with E-state index in [0.29, 0.717) is 5.56 Å². The van der Waals surface area contributed by atoms with E-state index in [1.54, 1.807) is 30.3 Å². The van der Waals surface area contributed by atoms with Crippen molar-refractivity contribution in [1.82, 2.24) is 0 Å². The Morgan fingerprint density at radius 2 is 2.00 bits per heavy atom. The molecule has 6 heteroatoms. The van der Waals surface area contributed by atoms with Crippen LogP contribution in [0.25, 0.3) is 0 Å². The molecule has 3 N–H and O–H groups in total. The fourth-order valence-electron chi connectivity index (χ4n) is 1.02. The zero-order valence-electron chi connectivity index (χ0n) is 7.12. The van der Waals surface area contributed by atoms with Crippen molar-refractivity contribution in [3.8, 4) is 0 Å². The third-order valence-electron chi connectivity index (χ3n) is 1.63. The first-order valence-electron chi connectivity index (χ1n) is 3.72. The first kappa shape index (κ1) is 10.8. The van der Waals surface area contributed by atoms with Crippen LogP contribution in [0.1, 0.15) is 10.8 Å². The summed E-state index contributed by atoms with van der Waals surface area (Å²) < 4.78 is 19.7. The Hall–Kier alpha value is -1.24. The molecule has 0 aliphatic rings. The van der Waals surface area contributed by atoms with E-state index in [1.807, 2.05) is 0 Å². The molecule has 0 fully saturated rings. The fourth-order valence-corrected chi connectivity index (χ4v) is 1.63. The zero-order valence-corrected chi connectivity index (χ0v) is 7.94. The van der Waals surface area contributed by atoms with E-state index in [1.165, 1.54) is 0 Å². The van der Waals surface area contributed by atoms with Crippen molar-refractivity contribution in [3.63, 3.8) is 0 Å². The van der Waals surface area contributed by atoms with Gasteiger partial charge in [-0.3, -0.25) is 0 Å². The van der Waals surface area contributed by atoms with Gasteiger partial charge in [-0.15, -0.1) is 0 Å². The smallest absolute Gasteiger partial charge is 0.347 e. The molecule has 0 radical (unpaired) electrons. The molecule has 0 heterocycles. The van der Waals surface area contributed by atoms with E-state index >= 15 is 0 Å². The summed E-state index contributed by atoms with van der Waals surface area (Å²) in [7, 11) is 0. The first-order valence-corrected chi connectivity index (χ1v) is 4.89. The van der Waals surface area contributed by atoms with Gasteiger partial charge in [-0.1, -0.05) is 30.3 Å². The van der Waals surface area contributed by atoms with Crippen molar-refractivity contribution in [2.45, 2.75) is 5.25 Å². The summed E-state index contributed by atoms with van der Waals surface area (Å²) in [5, 5.41) is -1.25. The van der Waals surface area contributed by atoms with Gasteiger partial charge in [0.1, 0.15) is 0 Å². The molecule has 5 nitrogen and oxygen atoms in total. The standard InChI is InChI=1S/C8H9NO4S/c9-13-8(10)7(14(11)12)6-4-2-1-3-5-6/h1-5,7H,9H2,(H,11,12). The van der Waals surface area contributed by atoms with Crippen molar-refractivity contribution in [1.29, 1.82) is 0 Å². The Morgan fingerprint density at radius 1 is 1.43 bits per heavy atom. The normalized spacial score (nSPS) is 14.4. The number of rotatable bonds is 3. The van der Waals surface area contributed by atoms with Gasteiger partial charge in [0.15, 0.2) is 16.3 Å². The largest absolute Gasteiger partial charge is 0.372 e. The van der Waals surface area contributed by atoms with Crippen LogP contribution < -0.4 is 5.90 Å². The van der Waals surface area contributed by atoms with Gasteiger partial charge < -0.3 is 9.39 Å². The molecule has 0 amide bonds. The van der Waals surface area contributed by atoms with Crippen molar-refractivity contribution in [2.75, 3.05) is 0 Å². The molecule has 0 aliphatic carbocycles. The van der Waals surface area contributed by atoms with Crippen molar-refractivity contribution < 1.29 is 18.4 Å². The van der Waals surface area contributed by atoms with E-state index in [4.69, 9.17) is 4.55 Å². The summed E-state index contributed by atoms with van der Waals surface area (Å²) in [5.41, 5.74) is 0.392. The molecule has 0 saturated heterocycles. The highest BCUT2D eigenvalue weighted by atomic mass is 32.2. The number of hydrogen-bond acceptors (Lipinski definition) is 4. The Labute approximate surface area is 83.1 Å². The maximum absolute atomic E-state index is 11.1. The van der Waals surface area contributed by atoms with Crippen LogP contribution in [0.15, 0.2) is 30.3 Å². The summed E-state index contributed by atoms with van der Waals surface area (Å²) in [6.07, 6.45) is 0. The quantitative estimate of drug-likeness (QED) is 0.561. The van der Waals surface area contributed by atoms with E-state index in [9.17, 15) is 9.00 Å². The Kier molecular flexibility index (Phi) is 3.75. The van der Waals surface area contributed by atoms with Gasteiger partial charge in [-0.05, 0) is 5.56 Å². The van der Waals surface area contributed by atoms with Crippen LogP contribution in [0, 0.1) is 0 Å². The fraction of sp³-hybridized carbons (Fsp3) is 0.125. The van der Waals surface area contributed by atoms with Gasteiger partial charge in [0.2, 0.25) is 0 Å². The topological polar surface area (TPSA) is 89.6 Å². The van der Waals surface area contributed by atoms with Crippen molar-refractivity contribution in [3.05, 3.63) is 35.9 Å². The lowest BCUT2D eigenvalue weighted by Crippen LogP contribution is -2.22. The molecule has 0 bridgehead atoms. The number of carbonyl (C=O) groups is 1. The summed E-state index contributed by atoms with van der Waals surface area (Å²) in [6, 6.07) is 8.14. The first-order chi connectivity index (χ1) is 6.66. The number of carbonyl (C=O) groups excluding carboxylic acids is 1. The lowest BCUT2D eigenvalue weighted by Gasteiger charge is -2.09. The molecule has 76 valence electrons. The molecule has 2 unspecified atom stereocenters. The van der Waals surface area contributed by atoms with Crippen LogP contribution in [0.2, 0.25) is 0 Å². The molecule has 1 aromatic carbocycles. The second kappa shape index (κ2) is 4.85. The van der Waals surface area contributed by atoms with E-state index in [0.717, 1.165) is 0 Å². The third-order valence-corrected chi connectivity index (χ3v) is 2.50. The average Bonchev–Trinajstić information content (AvgIpc) is 2.19. The maximum atomic E-state index is 11.1. The van der Waals surface area contributed by atoms with Crippen LogP contribution in [-0.2, 0) is 20.7 Å². The predicted molar refractivity (Wildman–Crippen MR) is 50.2 cm³/mol. The average molecular weight is 215 g/mol. The van der Waals surface area contributed by atoms with Crippen LogP contribution >= 0.6 is 0 Å². The highest BCUT2D eigenvalue weighted by Gasteiger charge is 2.27. The minimum absolute atomic E-state index is 0.392. The maximum Gasteiger partial charge on any atom is 0.347 e. The molecular weight excluding hydrogens is 206 g/mol. The predicted octanol–water partition coefficient (Wildman–Crippen LogP) is 0.366. The number of hydrogen-bond donors (Lipinski definition) is 2. The molecule has 2 atom stereocenters. The van der Waals surface area contributed by atoms with Gasteiger partial charge >= 0.3 is 5.97 Å². The second-order valence-corrected chi connectivity index (χ2v) is 3.53. The zero-order chi connectivity index (χ0) is 10.6. The van der Waals surface area contributed by atoms with E-state index in [-0.39, 0.29) is 0 Å². The summed E-state index contributed by atoms with van der Waals surface area (Å²) in [5.74, 6) is 3.72. The van der Waals surface area contributed by atoms with Crippen LogP contribution in [-0.4, -0.2) is 14.7 Å². The molecule has 0 saturated carbocycles. The molecular formula is C8H9NO4S. The van der Waals surface area contributed by atoms with Crippen molar-refractivity contribution >= 4 is 17.0 Å². The lowest BCUT2D eigenvalue weighted by atomic mass is 10.1. The number of nitrogens with two attached hydrogens (primary N) is 1. The molecule has 14 heavy (non-hydrogen) atoms. The second-order valence-electron chi connectivity index (χ2n) is 2.50. The van der Waals surface area contributed by atoms with Crippen LogP contribution in [0.5, 0.6) is 0 Å². The Morgan fingerprint density at radius 3 is 2.43 bits per heavy atom. The minimum atomic E-state index is -2.34. The minimum Gasteiger partial charge on any atom is -0.372 e. The molecule has 0 aliphatic heterocycles. The monoisotopic (exact) mass is 215 g/mol. The van der Waals surface area contributed by atoms with Gasteiger partial charge in [0, 0.05) is 0 Å². The van der Waals surface area contributed by atoms with Crippen LogP contribution in [0.3, 0.4) is 0 Å². The Balaban J connectivity index is 3.01. The Bertz CT molecular complexity index is 340. The van der Waals surface area contributed by atoms with Gasteiger partial charge in [-0.2, -0.15) is 5.90 Å². The van der Waals surface area contributed by atoms with Crippen molar-refractivity contribution in [2.24, 2.45) is 5.90 Å². The van der Waals surface area contributed by atoms with Crippen LogP contribution in [0.4, 0.5) is 0 Å². The highest BCUT2D eigenvalue weighted by Crippen LogP contribution is 2.19. The molecule has 1 aromatic rings. The highest BCUT2D eigenvalue weighted by molar-refractivity contribution is 7.80. The summed E-state index contributed by atoms with van der Waals surface area (Å²) >= 11 is -2.34. The SMILES string of the molecule is NOC(=O)C(c1ccccc1)S(=O)O. The van der Waals surface area contributed by atoms with E-state index < -0.39 is 22.3 Å². The van der Waals surface area contributed by atoms with E-state index in [2.05, 4.69) is 10.7 Å². The number of benzene rings is 1. The van der Waals surface area contributed by atoms with Gasteiger partial charge in [0.25, 0.3) is 0 Å². The summed E-state index contributed by atoms with van der Waals surface area (Å²) in [4.78, 5) is 15.0. The molecule has 1 rings (SSSR count). The lowest BCUT2D eigenvalue weighted by molar-refractivity contribution is -0.143. The third kappa shape index (κ3) is 2.38.